The highest BCUT2D eigenvalue weighted by atomic mass is 16.5. The van der Waals surface area contributed by atoms with Crippen molar-refractivity contribution in [2.45, 2.75) is 12.8 Å². The molecule has 0 saturated carbocycles. The maximum atomic E-state index is 13.2. The molecule has 3 aromatic rings. The molecule has 1 amide bonds. The molecular formula is C24H26N8O2. The first-order chi connectivity index (χ1) is 16.7. The molecule has 1 aliphatic rings. The quantitative estimate of drug-likeness (QED) is 0.401. The van der Waals surface area contributed by atoms with Gasteiger partial charge in [-0.15, -0.1) is 0 Å². The summed E-state index contributed by atoms with van der Waals surface area (Å²) in [6.07, 6.45) is 6.52. The molecule has 2 aromatic heterocycles. The fourth-order valence-corrected chi connectivity index (χ4v) is 3.71. The molecule has 10 nitrogen and oxygen atoms in total. The van der Waals surface area contributed by atoms with E-state index in [9.17, 15) is 4.79 Å². The molecule has 0 bridgehead atoms. The molecule has 0 atom stereocenters. The van der Waals surface area contributed by atoms with Crippen molar-refractivity contribution >= 4 is 28.9 Å². The van der Waals surface area contributed by atoms with Crippen LogP contribution in [0.4, 0.5) is 23.0 Å². The van der Waals surface area contributed by atoms with Crippen molar-refractivity contribution in [1.82, 2.24) is 20.3 Å². The van der Waals surface area contributed by atoms with Crippen LogP contribution in [0.1, 0.15) is 28.9 Å². The third-order valence-electron chi connectivity index (χ3n) is 5.57. The molecular weight excluding hydrogens is 432 g/mol. The standard InChI is InChI=1S/C24H26N8O2/c1-34-21-5-3-2-4-19(21)31-24(33)18-14-30-22(32-23-15-27-17(11-25)13-29-23)10-20(18)28-12-16-6-8-26-9-7-16/h2-5,10,13-16,26H,6-9,12H2,1H3,(H,31,33)(H2,28,29,30,32). The summed E-state index contributed by atoms with van der Waals surface area (Å²) in [5.74, 6) is 1.74. The van der Waals surface area contributed by atoms with E-state index < -0.39 is 0 Å². The van der Waals surface area contributed by atoms with E-state index in [0.717, 1.165) is 32.5 Å². The molecule has 3 heterocycles. The zero-order valence-corrected chi connectivity index (χ0v) is 18.8. The van der Waals surface area contributed by atoms with Gasteiger partial charge in [0, 0.05) is 18.8 Å². The van der Waals surface area contributed by atoms with Crippen LogP contribution in [0.25, 0.3) is 0 Å². The molecule has 4 rings (SSSR count). The minimum atomic E-state index is -0.297. The number of piperidine rings is 1. The number of methoxy groups -OCH3 is 1. The first-order valence-electron chi connectivity index (χ1n) is 11.0. The number of hydrogen-bond donors (Lipinski definition) is 4. The lowest BCUT2D eigenvalue weighted by Gasteiger charge is -2.24. The third-order valence-corrected chi connectivity index (χ3v) is 5.57. The van der Waals surface area contributed by atoms with Crippen molar-refractivity contribution in [3.05, 3.63) is 60.2 Å². The van der Waals surface area contributed by atoms with Crippen molar-refractivity contribution in [3.63, 3.8) is 0 Å². The number of amides is 1. The Balaban J connectivity index is 1.56. The van der Waals surface area contributed by atoms with Gasteiger partial charge in [-0.1, -0.05) is 12.1 Å². The smallest absolute Gasteiger partial charge is 0.259 e. The number of nitrogens with zero attached hydrogens (tertiary/aromatic N) is 4. The number of benzene rings is 1. The van der Waals surface area contributed by atoms with Crippen LogP contribution in [0.15, 0.2) is 48.9 Å². The Labute approximate surface area is 197 Å². The van der Waals surface area contributed by atoms with Gasteiger partial charge in [0.1, 0.15) is 23.5 Å². The number of para-hydroxylation sites is 2. The molecule has 4 N–H and O–H groups in total. The van der Waals surface area contributed by atoms with Gasteiger partial charge in [-0.25, -0.2) is 15.0 Å². The summed E-state index contributed by atoms with van der Waals surface area (Å²) < 4.78 is 5.35. The van der Waals surface area contributed by atoms with Crippen LogP contribution < -0.4 is 26.0 Å². The minimum Gasteiger partial charge on any atom is -0.495 e. The number of nitriles is 1. The highest BCUT2D eigenvalue weighted by Crippen LogP contribution is 2.27. The lowest BCUT2D eigenvalue weighted by Crippen LogP contribution is -2.31. The van der Waals surface area contributed by atoms with E-state index in [-0.39, 0.29) is 11.6 Å². The van der Waals surface area contributed by atoms with Crippen LogP contribution in [0, 0.1) is 17.2 Å². The Morgan fingerprint density at radius 2 is 1.91 bits per heavy atom. The summed E-state index contributed by atoms with van der Waals surface area (Å²) in [7, 11) is 1.56. The Hall–Kier alpha value is -4.23. The fraction of sp³-hybridized carbons (Fsp3) is 0.292. The number of anilines is 4. The molecule has 10 heteroatoms. The van der Waals surface area contributed by atoms with Crippen molar-refractivity contribution in [2.75, 3.05) is 42.7 Å². The van der Waals surface area contributed by atoms with E-state index in [0.29, 0.717) is 40.2 Å². The average Bonchev–Trinajstić information content (AvgIpc) is 2.89. The summed E-state index contributed by atoms with van der Waals surface area (Å²) in [5, 5.41) is 21.7. The first kappa shape index (κ1) is 22.9. The molecule has 1 fully saturated rings. The molecule has 0 spiro atoms. The van der Waals surface area contributed by atoms with Gasteiger partial charge in [0.2, 0.25) is 0 Å². The average molecular weight is 459 g/mol. The number of carbonyl (C=O) groups is 1. The summed E-state index contributed by atoms with van der Waals surface area (Å²) in [4.78, 5) is 25.7. The molecule has 1 saturated heterocycles. The first-order valence-corrected chi connectivity index (χ1v) is 11.0. The predicted molar refractivity (Wildman–Crippen MR) is 129 cm³/mol. The lowest BCUT2D eigenvalue weighted by molar-refractivity contribution is 0.102. The number of rotatable bonds is 8. The fourth-order valence-electron chi connectivity index (χ4n) is 3.71. The number of aromatic nitrogens is 3. The molecule has 0 unspecified atom stereocenters. The van der Waals surface area contributed by atoms with Gasteiger partial charge in [0.25, 0.3) is 5.91 Å². The van der Waals surface area contributed by atoms with Gasteiger partial charge in [-0.3, -0.25) is 4.79 Å². The van der Waals surface area contributed by atoms with Crippen molar-refractivity contribution < 1.29 is 9.53 Å². The topological polar surface area (TPSA) is 137 Å². The lowest BCUT2D eigenvalue weighted by atomic mass is 9.98. The van der Waals surface area contributed by atoms with Gasteiger partial charge < -0.3 is 26.0 Å². The van der Waals surface area contributed by atoms with Crippen molar-refractivity contribution in [1.29, 1.82) is 5.26 Å². The van der Waals surface area contributed by atoms with E-state index in [1.54, 1.807) is 25.3 Å². The number of carbonyl (C=O) groups excluding carboxylic acids is 1. The van der Waals surface area contributed by atoms with Crippen LogP contribution in [0.2, 0.25) is 0 Å². The summed E-state index contributed by atoms with van der Waals surface area (Å²) in [6.45, 7) is 2.73. The SMILES string of the molecule is COc1ccccc1NC(=O)c1cnc(Nc2cnc(C#N)cn2)cc1NCC1CCNCC1. The number of nitrogens with one attached hydrogen (secondary N) is 4. The molecule has 1 aromatic carbocycles. The van der Waals surface area contributed by atoms with Crippen LogP contribution in [-0.4, -0.2) is 47.6 Å². The second kappa shape index (κ2) is 11.1. The normalized spacial score (nSPS) is 13.5. The Bertz CT molecular complexity index is 1170. The highest BCUT2D eigenvalue weighted by molar-refractivity contribution is 6.08. The molecule has 174 valence electrons. The molecule has 34 heavy (non-hydrogen) atoms. The van der Waals surface area contributed by atoms with Gasteiger partial charge in [-0.05, 0) is 44.0 Å². The number of ether oxygens (including phenoxy) is 1. The van der Waals surface area contributed by atoms with Gasteiger partial charge in [0.15, 0.2) is 5.69 Å². The van der Waals surface area contributed by atoms with E-state index in [1.165, 1.54) is 18.6 Å². The van der Waals surface area contributed by atoms with Crippen LogP contribution in [-0.2, 0) is 0 Å². The van der Waals surface area contributed by atoms with Crippen LogP contribution in [0.5, 0.6) is 5.75 Å². The summed E-state index contributed by atoms with van der Waals surface area (Å²) >= 11 is 0. The maximum Gasteiger partial charge on any atom is 0.259 e. The van der Waals surface area contributed by atoms with E-state index in [1.807, 2.05) is 18.2 Å². The summed E-state index contributed by atoms with van der Waals surface area (Å²) in [6, 6.07) is 11.0. The second-order valence-electron chi connectivity index (χ2n) is 7.87. The van der Waals surface area contributed by atoms with Gasteiger partial charge in [0.05, 0.1) is 36.4 Å². The monoisotopic (exact) mass is 458 g/mol. The second-order valence-corrected chi connectivity index (χ2v) is 7.87. The van der Waals surface area contributed by atoms with E-state index in [2.05, 4.69) is 36.2 Å². The predicted octanol–water partition coefficient (Wildman–Crippen LogP) is 3.16. The maximum absolute atomic E-state index is 13.2. The Morgan fingerprint density at radius 1 is 1.12 bits per heavy atom. The third kappa shape index (κ3) is 5.76. The Kier molecular flexibility index (Phi) is 7.47. The van der Waals surface area contributed by atoms with Crippen molar-refractivity contribution in [2.24, 2.45) is 5.92 Å². The van der Waals surface area contributed by atoms with E-state index >= 15 is 0 Å². The van der Waals surface area contributed by atoms with Gasteiger partial charge in [-0.2, -0.15) is 5.26 Å². The largest absolute Gasteiger partial charge is 0.495 e. The number of hydrogen-bond acceptors (Lipinski definition) is 9. The summed E-state index contributed by atoms with van der Waals surface area (Å²) in [5.41, 5.74) is 1.88. The number of pyridine rings is 1. The zero-order valence-electron chi connectivity index (χ0n) is 18.8. The minimum absolute atomic E-state index is 0.228. The van der Waals surface area contributed by atoms with Crippen LogP contribution >= 0.6 is 0 Å². The zero-order chi connectivity index (χ0) is 23.8. The molecule has 0 radical (unpaired) electrons. The Morgan fingerprint density at radius 3 is 2.65 bits per heavy atom. The molecule has 0 aliphatic carbocycles. The van der Waals surface area contributed by atoms with E-state index in [4.69, 9.17) is 10.00 Å². The van der Waals surface area contributed by atoms with Gasteiger partial charge >= 0.3 is 0 Å². The van der Waals surface area contributed by atoms with Crippen molar-refractivity contribution in [3.8, 4) is 11.8 Å². The molecule has 1 aliphatic heterocycles. The van der Waals surface area contributed by atoms with Crippen LogP contribution in [0.3, 0.4) is 0 Å². The highest BCUT2D eigenvalue weighted by Gasteiger charge is 2.18.